The molecule has 3 rings (SSSR count). The van der Waals surface area contributed by atoms with E-state index in [1.165, 1.54) is 12.1 Å². The molecule has 0 fully saturated rings. The SMILES string of the molecule is CN(Cc1ccn[nH]1)Cc1nnc(-c2cccc(F)c2)o1. The lowest BCUT2D eigenvalue weighted by atomic mass is 10.2. The maximum Gasteiger partial charge on any atom is 0.247 e. The molecule has 0 saturated carbocycles. The third-order valence-corrected chi connectivity index (χ3v) is 2.94. The Balaban J connectivity index is 1.67. The van der Waals surface area contributed by atoms with Crippen molar-refractivity contribution in [2.24, 2.45) is 0 Å². The van der Waals surface area contributed by atoms with Crippen LogP contribution in [0.1, 0.15) is 11.6 Å². The molecule has 0 atom stereocenters. The van der Waals surface area contributed by atoms with Gasteiger partial charge in [0.15, 0.2) is 0 Å². The lowest BCUT2D eigenvalue weighted by Gasteiger charge is -2.12. The summed E-state index contributed by atoms with van der Waals surface area (Å²) in [5.74, 6) is 0.472. The third-order valence-electron chi connectivity index (χ3n) is 2.94. The van der Waals surface area contributed by atoms with Gasteiger partial charge >= 0.3 is 0 Å². The fraction of sp³-hybridized carbons (Fsp3) is 0.214. The molecule has 0 aliphatic heterocycles. The van der Waals surface area contributed by atoms with Gasteiger partial charge < -0.3 is 4.42 Å². The van der Waals surface area contributed by atoms with Crippen molar-refractivity contribution in [2.45, 2.75) is 13.1 Å². The fourth-order valence-electron chi connectivity index (χ4n) is 2.01. The minimum Gasteiger partial charge on any atom is -0.419 e. The van der Waals surface area contributed by atoms with Gasteiger partial charge in [-0.25, -0.2) is 4.39 Å². The maximum atomic E-state index is 13.2. The van der Waals surface area contributed by atoms with Gasteiger partial charge in [0.1, 0.15) is 5.82 Å². The average Bonchev–Trinajstić information content (AvgIpc) is 3.10. The number of nitrogens with one attached hydrogen (secondary N) is 1. The van der Waals surface area contributed by atoms with E-state index in [0.717, 1.165) is 5.69 Å². The molecule has 1 aromatic carbocycles. The van der Waals surface area contributed by atoms with Crippen LogP contribution in [-0.2, 0) is 13.1 Å². The van der Waals surface area contributed by atoms with Crippen molar-refractivity contribution in [2.75, 3.05) is 7.05 Å². The molecule has 0 unspecified atom stereocenters. The highest BCUT2D eigenvalue weighted by Gasteiger charge is 2.11. The molecule has 0 bridgehead atoms. The van der Waals surface area contributed by atoms with E-state index >= 15 is 0 Å². The van der Waals surface area contributed by atoms with Gasteiger partial charge in [0.25, 0.3) is 0 Å². The Morgan fingerprint density at radius 3 is 2.90 bits per heavy atom. The number of hydrogen-bond donors (Lipinski definition) is 1. The van der Waals surface area contributed by atoms with Crippen molar-refractivity contribution in [1.82, 2.24) is 25.3 Å². The number of aromatic amines is 1. The van der Waals surface area contributed by atoms with Gasteiger partial charge in [0.05, 0.1) is 6.54 Å². The second-order valence-corrected chi connectivity index (χ2v) is 4.77. The van der Waals surface area contributed by atoms with Crippen LogP contribution in [0.15, 0.2) is 40.9 Å². The monoisotopic (exact) mass is 287 g/mol. The second-order valence-electron chi connectivity index (χ2n) is 4.77. The van der Waals surface area contributed by atoms with Crippen molar-refractivity contribution in [3.8, 4) is 11.5 Å². The minimum atomic E-state index is -0.330. The highest BCUT2D eigenvalue weighted by atomic mass is 19.1. The van der Waals surface area contributed by atoms with Gasteiger partial charge in [-0.15, -0.1) is 10.2 Å². The Morgan fingerprint density at radius 2 is 2.14 bits per heavy atom. The lowest BCUT2D eigenvalue weighted by Crippen LogP contribution is -2.17. The average molecular weight is 287 g/mol. The highest BCUT2D eigenvalue weighted by Crippen LogP contribution is 2.19. The number of rotatable bonds is 5. The summed E-state index contributed by atoms with van der Waals surface area (Å²) in [7, 11) is 1.94. The summed E-state index contributed by atoms with van der Waals surface area (Å²) >= 11 is 0. The fourth-order valence-corrected chi connectivity index (χ4v) is 2.01. The number of H-pyrrole nitrogens is 1. The van der Waals surface area contributed by atoms with Crippen LogP contribution in [0, 0.1) is 5.82 Å². The zero-order chi connectivity index (χ0) is 14.7. The van der Waals surface area contributed by atoms with Crippen LogP contribution in [-0.4, -0.2) is 32.3 Å². The molecule has 3 aromatic rings. The molecule has 0 aliphatic rings. The minimum absolute atomic E-state index is 0.319. The Kier molecular flexibility index (Phi) is 3.74. The van der Waals surface area contributed by atoms with Crippen LogP contribution < -0.4 is 0 Å². The number of benzene rings is 1. The first-order chi connectivity index (χ1) is 10.2. The summed E-state index contributed by atoms with van der Waals surface area (Å²) in [6.45, 7) is 1.19. The molecule has 21 heavy (non-hydrogen) atoms. The summed E-state index contributed by atoms with van der Waals surface area (Å²) < 4.78 is 18.7. The van der Waals surface area contributed by atoms with Crippen molar-refractivity contribution in [3.63, 3.8) is 0 Å². The molecule has 0 spiro atoms. The highest BCUT2D eigenvalue weighted by molar-refractivity contribution is 5.52. The van der Waals surface area contributed by atoms with E-state index in [0.29, 0.717) is 30.4 Å². The molecule has 2 aromatic heterocycles. The van der Waals surface area contributed by atoms with Crippen molar-refractivity contribution in [3.05, 3.63) is 53.9 Å². The predicted octanol–water partition coefficient (Wildman–Crippen LogP) is 2.23. The molecular formula is C14H14FN5O. The van der Waals surface area contributed by atoms with E-state index in [4.69, 9.17) is 4.42 Å². The molecule has 1 N–H and O–H groups in total. The Labute approximate surface area is 120 Å². The van der Waals surface area contributed by atoms with Crippen LogP contribution in [0.4, 0.5) is 4.39 Å². The topological polar surface area (TPSA) is 70.8 Å². The summed E-state index contributed by atoms with van der Waals surface area (Å²) in [4.78, 5) is 2.01. The largest absolute Gasteiger partial charge is 0.419 e. The molecule has 108 valence electrons. The first-order valence-electron chi connectivity index (χ1n) is 6.46. The normalized spacial score (nSPS) is 11.2. The van der Waals surface area contributed by atoms with Gasteiger partial charge in [-0.2, -0.15) is 5.10 Å². The van der Waals surface area contributed by atoms with E-state index in [1.54, 1.807) is 18.3 Å². The van der Waals surface area contributed by atoms with Crippen LogP contribution in [0.5, 0.6) is 0 Å². The second kappa shape index (κ2) is 5.84. The molecule has 0 amide bonds. The van der Waals surface area contributed by atoms with Crippen LogP contribution in [0.2, 0.25) is 0 Å². The zero-order valence-electron chi connectivity index (χ0n) is 11.5. The molecule has 7 heteroatoms. The van der Waals surface area contributed by atoms with E-state index in [9.17, 15) is 4.39 Å². The maximum absolute atomic E-state index is 13.2. The van der Waals surface area contributed by atoms with Crippen molar-refractivity contribution < 1.29 is 8.81 Å². The zero-order valence-corrected chi connectivity index (χ0v) is 11.5. The number of hydrogen-bond acceptors (Lipinski definition) is 5. The van der Waals surface area contributed by atoms with E-state index in [-0.39, 0.29) is 5.82 Å². The lowest BCUT2D eigenvalue weighted by molar-refractivity contribution is 0.279. The molecule has 2 heterocycles. The molecule has 6 nitrogen and oxygen atoms in total. The Bertz CT molecular complexity index is 710. The van der Waals surface area contributed by atoms with Crippen molar-refractivity contribution in [1.29, 1.82) is 0 Å². The summed E-state index contributed by atoms with van der Waals surface area (Å²) in [5, 5.41) is 14.7. The standard InChI is InChI=1S/C14H14FN5O/c1-20(8-12-5-6-16-17-12)9-13-18-19-14(21-13)10-3-2-4-11(15)7-10/h2-7H,8-9H2,1H3,(H,16,17). The van der Waals surface area contributed by atoms with Gasteiger partial charge in [-0.05, 0) is 31.3 Å². The predicted molar refractivity (Wildman–Crippen MR) is 73.5 cm³/mol. The quantitative estimate of drug-likeness (QED) is 0.779. The third kappa shape index (κ3) is 3.32. The van der Waals surface area contributed by atoms with Crippen molar-refractivity contribution >= 4 is 0 Å². The summed E-state index contributed by atoms with van der Waals surface area (Å²) in [6.07, 6.45) is 1.71. The molecule has 0 aliphatic carbocycles. The van der Waals surface area contributed by atoms with Gasteiger partial charge in [-0.3, -0.25) is 10.00 Å². The molecule has 0 saturated heterocycles. The number of aromatic nitrogens is 4. The van der Waals surface area contributed by atoms with Gasteiger partial charge in [0, 0.05) is 24.0 Å². The molecular weight excluding hydrogens is 273 g/mol. The summed E-state index contributed by atoms with van der Waals surface area (Å²) in [6, 6.07) is 7.99. The van der Waals surface area contributed by atoms with Crippen LogP contribution >= 0.6 is 0 Å². The van der Waals surface area contributed by atoms with Gasteiger partial charge in [0.2, 0.25) is 11.8 Å². The Morgan fingerprint density at radius 1 is 1.24 bits per heavy atom. The smallest absolute Gasteiger partial charge is 0.247 e. The first-order valence-corrected chi connectivity index (χ1v) is 6.46. The van der Waals surface area contributed by atoms with E-state index < -0.39 is 0 Å². The summed E-state index contributed by atoms with van der Waals surface area (Å²) in [5.41, 5.74) is 1.58. The van der Waals surface area contributed by atoms with Crippen LogP contribution in [0.25, 0.3) is 11.5 Å². The Hall–Kier alpha value is -2.54. The molecule has 0 radical (unpaired) electrons. The van der Waals surface area contributed by atoms with E-state index in [2.05, 4.69) is 20.4 Å². The van der Waals surface area contributed by atoms with E-state index in [1.807, 2.05) is 18.0 Å². The van der Waals surface area contributed by atoms with Gasteiger partial charge in [-0.1, -0.05) is 6.07 Å². The number of nitrogens with zero attached hydrogens (tertiary/aromatic N) is 4. The van der Waals surface area contributed by atoms with Crippen LogP contribution in [0.3, 0.4) is 0 Å². The first kappa shape index (κ1) is 13.4. The number of halogens is 1.